The lowest BCUT2D eigenvalue weighted by atomic mass is 9.94. The number of piperidine rings is 1. The van der Waals surface area contributed by atoms with Gasteiger partial charge >= 0.3 is 0 Å². The molecule has 0 saturated carbocycles. The Labute approximate surface area is 111 Å². The molecule has 1 atom stereocenters. The quantitative estimate of drug-likeness (QED) is 0.747. The van der Waals surface area contributed by atoms with Crippen molar-refractivity contribution in [2.45, 2.75) is 32.6 Å². The molecule has 1 unspecified atom stereocenters. The Kier molecular flexibility index (Phi) is 6.14. The van der Waals surface area contributed by atoms with Gasteiger partial charge in [-0.2, -0.15) is 5.26 Å². The molecule has 0 bridgehead atoms. The summed E-state index contributed by atoms with van der Waals surface area (Å²) in [4.78, 5) is 16.2. The van der Waals surface area contributed by atoms with Crippen molar-refractivity contribution in [2.24, 2.45) is 11.8 Å². The first-order valence-corrected chi connectivity index (χ1v) is 6.91. The summed E-state index contributed by atoms with van der Waals surface area (Å²) in [6.07, 6.45) is 3.70. The Morgan fingerprint density at radius 3 is 2.50 bits per heavy atom. The third-order valence-corrected chi connectivity index (χ3v) is 3.58. The van der Waals surface area contributed by atoms with Crippen molar-refractivity contribution in [3.8, 4) is 6.07 Å². The van der Waals surface area contributed by atoms with E-state index in [4.69, 9.17) is 5.26 Å². The molecule has 1 amide bonds. The van der Waals surface area contributed by atoms with E-state index >= 15 is 0 Å². The van der Waals surface area contributed by atoms with Crippen LogP contribution in [0, 0.1) is 23.2 Å². The van der Waals surface area contributed by atoms with Crippen molar-refractivity contribution in [1.29, 1.82) is 5.26 Å². The van der Waals surface area contributed by atoms with Gasteiger partial charge in [0.25, 0.3) is 0 Å². The van der Waals surface area contributed by atoms with Gasteiger partial charge in [0.15, 0.2) is 0 Å². The van der Waals surface area contributed by atoms with E-state index in [0.717, 1.165) is 38.9 Å². The highest BCUT2D eigenvalue weighted by molar-refractivity contribution is 5.81. The second-order valence-corrected chi connectivity index (χ2v) is 5.50. The van der Waals surface area contributed by atoms with Crippen LogP contribution in [0.5, 0.6) is 0 Å². The van der Waals surface area contributed by atoms with Crippen LogP contribution in [0.25, 0.3) is 0 Å². The molecule has 1 saturated heterocycles. The van der Waals surface area contributed by atoms with Crippen molar-refractivity contribution in [1.82, 2.24) is 9.80 Å². The lowest BCUT2D eigenvalue weighted by Gasteiger charge is -2.34. The van der Waals surface area contributed by atoms with Crippen LogP contribution in [0.4, 0.5) is 0 Å². The molecule has 1 aliphatic heterocycles. The molecule has 4 nitrogen and oxygen atoms in total. The first-order chi connectivity index (χ1) is 8.58. The Hall–Kier alpha value is -1.08. The van der Waals surface area contributed by atoms with Crippen LogP contribution in [0.2, 0.25) is 0 Å². The fourth-order valence-electron chi connectivity index (χ4n) is 2.60. The number of likely N-dealkylation sites (tertiary alicyclic amines) is 1. The first-order valence-electron chi connectivity index (χ1n) is 6.91. The SMILES string of the molecule is CCCC(C#N)C(=O)N1CCC(CN(C)C)CC1. The highest BCUT2D eigenvalue weighted by atomic mass is 16.2. The van der Waals surface area contributed by atoms with Gasteiger partial charge < -0.3 is 9.80 Å². The number of nitrogens with zero attached hydrogens (tertiary/aromatic N) is 3. The van der Waals surface area contributed by atoms with Crippen LogP contribution < -0.4 is 0 Å². The van der Waals surface area contributed by atoms with Gasteiger partial charge in [-0.25, -0.2) is 0 Å². The number of hydrogen-bond acceptors (Lipinski definition) is 3. The van der Waals surface area contributed by atoms with Crippen LogP contribution in [0.1, 0.15) is 32.6 Å². The van der Waals surface area contributed by atoms with Gasteiger partial charge in [0.2, 0.25) is 5.91 Å². The monoisotopic (exact) mass is 251 g/mol. The summed E-state index contributed by atoms with van der Waals surface area (Å²) in [5, 5.41) is 9.02. The molecule has 0 radical (unpaired) electrons. The number of carbonyl (C=O) groups is 1. The topological polar surface area (TPSA) is 47.3 Å². The summed E-state index contributed by atoms with van der Waals surface area (Å²) in [6.45, 7) is 4.75. The lowest BCUT2D eigenvalue weighted by Crippen LogP contribution is -2.43. The summed E-state index contributed by atoms with van der Waals surface area (Å²) in [7, 11) is 4.18. The predicted octanol–water partition coefficient (Wildman–Crippen LogP) is 1.73. The van der Waals surface area contributed by atoms with E-state index in [1.807, 2.05) is 11.8 Å². The molecular weight excluding hydrogens is 226 g/mol. The summed E-state index contributed by atoms with van der Waals surface area (Å²) in [5.74, 6) is 0.304. The van der Waals surface area contributed by atoms with E-state index in [2.05, 4.69) is 25.1 Å². The maximum atomic E-state index is 12.1. The summed E-state index contributed by atoms with van der Waals surface area (Å²) in [5.41, 5.74) is 0. The minimum Gasteiger partial charge on any atom is -0.342 e. The summed E-state index contributed by atoms with van der Waals surface area (Å²) >= 11 is 0. The normalized spacial score (nSPS) is 18.7. The standard InChI is InChI=1S/C14H25N3O/c1-4-5-13(10-15)14(18)17-8-6-12(7-9-17)11-16(2)3/h12-13H,4-9,11H2,1-3H3. The first kappa shape index (κ1) is 15.0. The van der Waals surface area contributed by atoms with Gasteiger partial charge in [0, 0.05) is 19.6 Å². The largest absolute Gasteiger partial charge is 0.342 e. The number of carbonyl (C=O) groups excluding carboxylic acids is 1. The molecule has 1 heterocycles. The van der Waals surface area contributed by atoms with Crippen LogP contribution in [0.15, 0.2) is 0 Å². The third kappa shape index (κ3) is 4.30. The Morgan fingerprint density at radius 1 is 1.44 bits per heavy atom. The molecule has 18 heavy (non-hydrogen) atoms. The minimum absolute atomic E-state index is 0.0441. The van der Waals surface area contributed by atoms with Gasteiger partial charge in [-0.05, 0) is 39.3 Å². The van der Waals surface area contributed by atoms with Gasteiger partial charge in [0.1, 0.15) is 5.92 Å². The van der Waals surface area contributed by atoms with Crippen LogP contribution >= 0.6 is 0 Å². The molecule has 0 aromatic heterocycles. The Balaban J connectivity index is 2.42. The Morgan fingerprint density at radius 2 is 2.06 bits per heavy atom. The van der Waals surface area contributed by atoms with E-state index < -0.39 is 5.92 Å². The number of rotatable bonds is 5. The molecular formula is C14H25N3O. The summed E-state index contributed by atoms with van der Waals surface area (Å²) in [6, 6.07) is 2.14. The van der Waals surface area contributed by atoms with E-state index in [1.54, 1.807) is 0 Å². The van der Waals surface area contributed by atoms with Crippen LogP contribution in [0.3, 0.4) is 0 Å². The van der Waals surface area contributed by atoms with Crippen molar-refractivity contribution in [3.05, 3.63) is 0 Å². The molecule has 4 heteroatoms. The van der Waals surface area contributed by atoms with Crippen molar-refractivity contribution in [2.75, 3.05) is 33.7 Å². The zero-order valence-corrected chi connectivity index (χ0v) is 11.9. The summed E-state index contributed by atoms with van der Waals surface area (Å²) < 4.78 is 0. The zero-order chi connectivity index (χ0) is 13.5. The van der Waals surface area contributed by atoms with Crippen molar-refractivity contribution < 1.29 is 4.79 Å². The molecule has 1 fully saturated rings. The number of nitriles is 1. The highest BCUT2D eigenvalue weighted by Gasteiger charge is 2.27. The minimum atomic E-state index is -0.430. The zero-order valence-electron chi connectivity index (χ0n) is 11.9. The fourth-order valence-corrected chi connectivity index (χ4v) is 2.60. The maximum absolute atomic E-state index is 12.1. The average Bonchev–Trinajstić information content (AvgIpc) is 2.35. The maximum Gasteiger partial charge on any atom is 0.239 e. The smallest absolute Gasteiger partial charge is 0.239 e. The van der Waals surface area contributed by atoms with Gasteiger partial charge in [-0.3, -0.25) is 4.79 Å². The van der Waals surface area contributed by atoms with Gasteiger partial charge in [0.05, 0.1) is 6.07 Å². The highest BCUT2D eigenvalue weighted by Crippen LogP contribution is 2.20. The second kappa shape index (κ2) is 7.38. The van der Waals surface area contributed by atoms with E-state index in [0.29, 0.717) is 12.3 Å². The van der Waals surface area contributed by atoms with Gasteiger partial charge in [-0.1, -0.05) is 13.3 Å². The molecule has 0 aliphatic carbocycles. The van der Waals surface area contributed by atoms with Crippen molar-refractivity contribution in [3.63, 3.8) is 0 Å². The van der Waals surface area contributed by atoms with Crippen molar-refractivity contribution >= 4 is 5.91 Å². The predicted molar refractivity (Wildman–Crippen MR) is 71.9 cm³/mol. The third-order valence-electron chi connectivity index (χ3n) is 3.58. The number of hydrogen-bond donors (Lipinski definition) is 0. The fraction of sp³-hybridized carbons (Fsp3) is 0.857. The molecule has 0 aromatic rings. The second-order valence-electron chi connectivity index (χ2n) is 5.50. The lowest BCUT2D eigenvalue weighted by molar-refractivity contribution is -0.135. The average molecular weight is 251 g/mol. The molecule has 1 aliphatic rings. The molecule has 102 valence electrons. The van der Waals surface area contributed by atoms with Crippen LogP contribution in [-0.2, 0) is 4.79 Å². The molecule has 0 N–H and O–H groups in total. The molecule has 0 spiro atoms. The van der Waals surface area contributed by atoms with Crippen LogP contribution in [-0.4, -0.2) is 49.4 Å². The van der Waals surface area contributed by atoms with E-state index in [-0.39, 0.29) is 5.91 Å². The number of amides is 1. The molecule has 0 aromatic carbocycles. The van der Waals surface area contributed by atoms with E-state index in [9.17, 15) is 4.79 Å². The van der Waals surface area contributed by atoms with Gasteiger partial charge in [-0.15, -0.1) is 0 Å². The molecule has 1 rings (SSSR count). The van der Waals surface area contributed by atoms with E-state index in [1.165, 1.54) is 0 Å². The Bertz CT molecular complexity index is 301.